The molecule has 1 saturated carbocycles. The van der Waals surface area contributed by atoms with E-state index in [0.29, 0.717) is 35.3 Å². The van der Waals surface area contributed by atoms with E-state index in [1.54, 1.807) is 18.2 Å². The summed E-state index contributed by atoms with van der Waals surface area (Å²) in [6, 6.07) is 11.6. The molecule has 1 aliphatic heterocycles. The zero-order chi connectivity index (χ0) is 23.8. The number of hydrogen-bond donors (Lipinski definition) is 1. The van der Waals surface area contributed by atoms with Crippen LogP contribution in [0.25, 0.3) is 0 Å². The molecule has 5 nitrogen and oxygen atoms in total. The molecule has 2 aromatic carbocycles. The number of nitrogens with zero attached hydrogens (tertiary/aromatic N) is 2. The molecule has 0 bridgehead atoms. The van der Waals surface area contributed by atoms with Crippen molar-refractivity contribution >= 4 is 17.4 Å². The second-order valence-corrected chi connectivity index (χ2v) is 10.4. The smallest absolute Gasteiger partial charge is 0.251 e. The van der Waals surface area contributed by atoms with E-state index in [9.17, 15) is 14.0 Å². The monoisotopic (exact) mass is 463 g/mol. The highest BCUT2D eigenvalue weighted by molar-refractivity contribution is 6.02. The van der Waals surface area contributed by atoms with Crippen molar-refractivity contribution in [1.29, 1.82) is 0 Å². The second kappa shape index (κ2) is 9.49. The van der Waals surface area contributed by atoms with Gasteiger partial charge in [0.1, 0.15) is 5.82 Å². The summed E-state index contributed by atoms with van der Waals surface area (Å²) in [5.41, 5.74) is 3.81. The molecule has 0 aromatic heterocycles. The van der Waals surface area contributed by atoms with E-state index >= 15 is 0 Å². The van der Waals surface area contributed by atoms with Crippen molar-refractivity contribution in [1.82, 2.24) is 10.2 Å². The first kappa shape index (κ1) is 23.0. The standard InChI is InChI=1S/C28H34FN3O2/c1-31(2)23-12-13-32(17-23)26-11-6-18(15-25(26)29)14-20-8-7-19-16-21(9-10-24(19)27(20)33)28(34)30-22-4-3-5-22/h6,9-11,15-16,20,22-23H,3-5,7-8,12-14,17H2,1-2H3,(H,30,34)/t20?,23-/m1/s1. The zero-order valence-corrected chi connectivity index (χ0v) is 20.1. The van der Waals surface area contributed by atoms with E-state index in [0.717, 1.165) is 56.3 Å². The number of nitrogens with one attached hydrogen (secondary N) is 1. The Morgan fingerprint density at radius 1 is 1.12 bits per heavy atom. The van der Waals surface area contributed by atoms with Crippen molar-refractivity contribution in [2.24, 2.45) is 5.92 Å². The lowest BCUT2D eigenvalue weighted by molar-refractivity contribution is 0.0893. The number of carbonyl (C=O) groups excluding carboxylic acids is 2. The molecule has 2 atom stereocenters. The Morgan fingerprint density at radius 3 is 2.62 bits per heavy atom. The number of benzene rings is 2. The van der Waals surface area contributed by atoms with Crippen LogP contribution in [0.3, 0.4) is 0 Å². The summed E-state index contributed by atoms with van der Waals surface area (Å²) in [5, 5.41) is 3.06. The molecule has 2 fully saturated rings. The van der Waals surface area contributed by atoms with Gasteiger partial charge in [-0.1, -0.05) is 12.1 Å². The van der Waals surface area contributed by atoms with Crippen LogP contribution in [0.15, 0.2) is 36.4 Å². The first-order chi connectivity index (χ1) is 16.4. The number of ketones is 1. The van der Waals surface area contributed by atoms with Crippen LogP contribution in [-0.2, 0) is 12.8 Å². The third kappa shape index (κ3) is 4.61. The minimum atomic E-state index is -0.206. The van der Waals surface area contributed by atoms with Crippen LogP contribution >= 0.6 is 0 Å². The summed E-state index contributed by atoms with van der Waals surface area (Å²) in [7, 11) is 4.13. The van der Waals surface area contributed by atoms with E-state index in [4.69, 9.17) is 0 Å². The SMILES string of the molecule is CN(C)[C@@H]1CCN(c2ccc(CC3CCc4cc(C(=O)NC5CCC5)ccc4C3=O)cc2F)C1. The number of aryl methyl sites for hydroxylation is 1. The number of likely N-dealkylation sites (N-methyl/N-ethyl adjacent to an activating group) is 1. The fourth-order valence-electron chi connectivity index (χ4n) is 5.48. The molecule has 6 heteroatoms. The van der Waals surface area contributed by atoms with Crippen molar-refractivity contribution in [3.8, 4) is 0 Å². The highest BCUT2D eigenvalue weighted by Crippen LogP contribution is 2.31. The Labute approximate surface area is 201 Å². The molecule has 2 aromatic rings. The summed E-state index contributed by atoms with van der Waals surface area (Å²) in [6.45, 7) is 1.69. The number of carbonyl (C=O) groups is 2. The number of hydrogen-bond acceptors (Lipinski definition) is 4. The van der Waals surface area contributed by atoms with Gasteiger partial charge in [-0.3, -0.25) is 9.59 Å². The lowest BCUT2D eigenvalue weighted by Crippen LogP contribution is -2.39. The van der Waals surface area contributed by atoms with E-state index in [1.165, 1.54) is 6.42 Å². The number of halogens is 1. The quantitative estimate of drug-likeness (QED) is 0.697. The largest absolute Gasteiger partial charge is 0.368 e. The van der Waals surface area contributed by atoms with Crippen LogP contribution in [-0.4, -0.2) is 55.9 Å². The Balaban J connectivity index is 1.24. The Hall–Kier alpha value is -2.73. The lowest BCUT2D eigenvalue weighted by atomic mass is 9.79. The van der Waals surface area contributed by atoms with Crippen molar-refractivity contribution in [3.05, 3.63) is 64.5 Å². The highest BCUT2D eigenvalue weighted by atomic mass is 19.1. The number of amides is 1. The first-order valence-corrected chi connectivity index (χ1v) is 12.6. The van der Waals surface area contributed by atoms with Crippen molar-refractivity contribution < 1.29 is 14.0 Å². The normalized spacial score (nSPS) is 22.6. The average Bonchev–Trinajstić information content (AvgIpc) is 3.28. The molecule has 1 N–H and O–H groups in total. The van der Waals surface area contributed by atoms with Gasteiger partial charge in [-0.15, -0.1) is 0 Å². The predicted molar refractivity (Wildman–Crippen MR) is 132 cm³/mol. The molecule has 1 saturated heterocycles. The third-order valence-electron chi connectivity index (χ3n) is 7.93. The van der Waals surface area contributed by atoms with Gasteiger partial charge in [-0.25, -0.2) is 4.39 Å². The summed E-state index contributed by atoms with van der Waals surface area (Å²) in [6.07, 6.45) is 6.33. The summed E-state index contributed by atoms with van der Waals surface area (Å²) in [4.78, 5) is 30.0. The molecule has 1 unspecified atom stereocenters. The molecule has 34 heavy (non-hydrogen) atoms. The van der Waals surface area contributed by atoms with Gasteiger partial charge in [-0.05, 0) is 94.4 Å². The molecule has 180 valence electrons. The predicted octanol–water partition coefficient (Wildman–Crippen LogP) is 4.24. The second-order valence-electron chi connectivity index (χ2n) is 10.4. The van der Waals surface area contributed by atoms with Gasteiger partial charge in [0.25, 0.3) is 5.91 Å². The zero-order valence-electron chi connectivity index (χ0n) is 20.1. The van der Waals surface area contributed by atoms with E-state index in [2.05, 4.69) is 29.2 Å². The summed E-state index contributed by atoms with van der Waals surface area (Å²) >= 11 is 0. The maximum absolute atomic E-state index is 15.0. The molecule has 1 heterocycles. The number of fused-ring (bicyclic) bond motifs is 1. The van der Waals surface area contributed by atoms with Crippen LogP contribution in [0, 0.1) is 11.7 Å². The summed E-state index contributed by atoms with van der Waals surface area (Å²) in [5.74, 6) is -0.308. The number of anilines is 1. The van der Waals surface area contributed by atoms with E-state index in [1.807, 2.05) is 18.2 Å². The van der Waals surface area contributed by atoms with Crippen LogP contribution in [0.2, 0.25) is 0 Å². The molecule has 5 rings (SSSR count). The van der Waals surface area contributed by atoms with Crippen molar-refractivity contribution in [3.63, 3.8) is 0 Å². The van der Waals surface area contributed by atoms with Gasteiger partial charge in [0, 0.05) is 42.2 Å². The first-order valence-electron chi connectivity index (χ1n) is 12.6. The highest BCUT2D eigenvalue weighted by Gasteiger charge is 2.30. The van der Waals surface area contributed by atoms with Gasteiger partial charge in [0.05, 0.1) is 5.69 Å². The van der Waals surface area contributed by atoms with Crippen LogP contribution in [0.4, 0.5) is 10.1 Å². The third-order valence-corrected chi connectivity index (χ3v) is 7.93. The Morgan fingerprint density at radius 2 is 1.94 bits per heavy atom. The van der Waals surface area contributed by atoms with E-state index < -0.39 is 0 Å². The Bertz CT molecular complexity index is 1100. The van der Waals surface area contributed by atoms with Gasteiger partial charge >= 0.3 is 0 Å². The van der Waals surface area contributed by atoms with Gasteiger partial charge in [0.2, 0.25) is 0 Å². The molecule has 0 spiro atoms. The molecular formula is C28H34FN3O2. The topological polar surface area (TPSA) is 52.6 Å². The summed E-state index contributed by atoms with van der Waals surface area (Å²) < 4.78 is 15.0. The molecule has 0 radical (unpaired) electrons. The number of Topliss-reactive ketones (excluding diaryl/α,β-unsaturated/α-hetero) is 1. The molecule has 3 aliphatic rings. The minimum absolute atomic E-state index is 0.0486. The maximum atomic E-state index is 15.0. The fraction of sp³-hybridized carbons (Fsp3) is 0.500. The van der Waals surface area contributed by atoms with Crippen LogP contribution in [0.5, 0.6) is 0 Å². The van der Waals surface area contributed by atoms with Gasteiger partial charge in [0.15, 0.2) is 5.78 Å². The molecule has 2 aliphatic carbocycles. The average molecular weight is 464 g/mol. The number of rotatable bonds is 6. The fourth-order valence-corrected chi connectivity index (χ4v) is 5.48. The van der Waals surface area contributed by atoms with Gasteiger partial charge < -0.3 is 15.1 Å². The lowest BCUT2D eigenvalue weighted by Gasteiger charge is -2.27. The molecule has 1 amide bonds. The van der Waals surface area contributed by atoms with E-state index in [-0.39, 0.29) is 23.4 Å². The maximum Gasteiger partial charge on any atom is 0.251 e. The minimum Gasteiger partial charge on any atom is -0.368 e. The van der Waals surface area contributed by atoms with Gasteiger partial charge in [-0.2, -0.15) is 0 Å². The van der Waals surface area contributed by atoms with Crippen molar-refractivity contribution in [2.75, 3.05) is 32.1 Å². The molecular weight excluding hydrogens is 429 g/mol. The van der Waals surface area contributed by atoms with Crippen LogP contribution < -0.4 is 10.2 Å². The Kier molecular flexibility index (Phi) is 6.43. The van der Waals surface area contributed by atoms with Crippen LogP contribution in [0.1, 0.15) is 63.9 Å². The van der Waals surface area contributed by atoms with Crippen molar-refractivity contribution in [2.45, 2.75) is 57.0 Å².